The summed E-state index contributed by atoms with van der Waals surface area (Å²) in [4.78, 5) is 14.1. The third-order valence-electron chi connectivity index (χ3n) is 6.19. The number of primary amides is 1. The lowest BCUT2D eigenvalue weighted by Crippen LogP contribution is -2.54. The Bertz CT molecular complexity index is 850. The summed E-state index contributed by atoms with van der Waals surface area (Å²) in [6.07, 6.45) is 2.92. The van der Waals surface area contributed by atoms with Gasteiger partial charge in [0.2, 0.25) is 0 Å². The van der Waals surface area contributed by atoms with Crippen LogP contribution in [0.1, 0.15) is 36.3 Å². The number of amides is 2. The lowest BCUT2D eigenvalue weighted by atomic mass is 9.81. The van der Waals surface area contributed by atoms with E-state index in [1.54, 1.807) is 0 Å². The summed E-state index contributed by atoms with van der Waals surface area (Å²) < 4.78 is 0. The zero-order chi connectivity index (χ0) is 19.7. The number of likely N-dealkylation sites (tertiary alicyclic amines) is 1. The average Bonchev–Trinajstić information content (AvgIpc) is 3.45. The van der Waals surface area contributed by atoms with Gasteiger partial charge in [0.1, 0.15) is 0 Å². The van der Waals surface area contributed by atoms with Gasteiger partial charge in [0.15, 0.2) is 0 Å². The molecule has 2 aromatic carbocycles. The number of hydrogen-bond acceptors (Lipinski definition) is 2. The van der Waals surface area contributed by atoms with E-state index in [4.69, 9.17) is 28.9 Å². The van der Waals surface area contributed by atoms with E-state index in [0.717, 1.165) is 38.0 Å². The molecule has 2 aromatic rings. The van der Waals surface area contributed by atoms with Crippen LogP contribution in [-0.2, 0) is 5.54 Å². The minimum Gasteiger partial charge on any atom is -0.352 e. The number of nitrogens with zero attached hydrogens (tertiary/aromatic N) is 1. The molecule has 1 aliphatic heterocycles. The van der Waals surface area contributed by atoms with Gasteiger partial charge in [0.25, 0.3) is 0 Å². The van der Waals surface area contributed by atoms with Crippen LogP contribution in [0.4, 0.5) is 4.79 Å². The molecule has 4 rings (SSSR count). The summed E-state index contributed by atoms with van der Waals surface area (Å²) >= 11 is 12.2. The van der Waals surface area contributed by atoms with Crippen LogP contribution < -0.4 is 11.1 Å². The molecule has 2 atom stereocenters. The van der Waals surface area contributed by atoms with Crippen LogP contribution in [-0.4, -0.2) is 30.6 Å². The Kier molecular flexibility index (Phi) is 5.55. The molecule has 3 N–H and O–H groups in total. The second-order valence-corrected chi connectivity index (χ2v) is 8.83. The van der Waals surface area contributed by atoms with Crippen LogP contribution in [0.2, 0.25) is 10.0 Å². The maximum Gasteiger partial charge on any atom is 0.312 e. The topological polar surface area (TPSA) is 58.4 Å². The summed E-state index contributed by atoms with van der Waals surface area (Å²) in [5.74, 6) is 1.23. The summed E-state index contributed by atoms with van der Waals surface area (Å²) in [6.45, 7) is 2.96. The van der Waals surface area contributed by atoms with Crippen LogP contribution in [0, 0.1) is 5.92 Å². The molecule has 28 heavy (non-hydrogen) atoms. The first kappa shape index (κ1) is 19.6. The van der Waals surface area contributed by atoms with E-state index in [1.165, 1.54) is 12.0 Å². The fourth-order valence-corrected chi connectivity index (χ4v) is 4.84. The fraction of sp³-hybridized carbons (Fsp3) is 0.409. The van der Waals surface area contributed by atoms with Gasteiger partial charge in [0.05, 0.1) is 15.6 Å². The van der Waals surface area contributed by atoms with E-state index in [0.29, 0.717) is 21.9 Å². The van der Waals surface area contributed by atoms with E-state index < -0.39 is 6.03 Å². The molecule has 2 aliphatic rings. The Labute approximate surface area is 176 Å². The van der Waals surface area contributed by atoms with Crippen molar-refractivity contribution in [2.75, 3.05) is 19.6 Å². The SMILES string of the molecule is NC(=O)NC1(c2ccccc2)CCN(C[C@@H]2C[C@@H]2c2ccc(Cl)c(Cl)c2)CC1. The number of urea groups is 1. The van der Waals surface area contributed by atoms with Crippen molar-refractivity contribution in [1.82, 2.24) is 10.2 Å². The average molecular weight is 418 g/mol. The molecule has 4 nitrogen and oxygen atoms in total. The van der Waals surface area contributed by atoms with Crippen LogP contribution in [0.25, 0.3) is 0 Å². The third kappa shape index (κ3) is 4.14. The molecule has 0 aromatic heterocycles. The molecule has 1 aliphatic carbocycles. The first-order chi connectivity index (χ1) is 13.5. The zero-order valence-corrected chi connectivity index (χ0v) is 17.2. The Morgan fingerprint density at radius 2 is 1.82 bits per heavy atom. The predicted octanol–water partition coefficient (Wildman–Crippen LogP) is 4.76. The van der Waals surface area contributed by atoms with Gasteiger partial charge in [-0.1, -0.05) is 59.6 Å². The molecule has 1 heterocycles. The number of halogens is 2. The lowest BCUT2D eigenvalue weighted by Gasteiger charge is -2.42. The van der Waals surface area contributed by atoms with Gasteiger partial charge in [-0.3, -0.25) is 0 Å². The van der Waals surface area contributed by atoms with Gasteiger partial charge in [-0.15, -0.1) is 0 Å². The van der Waals surface area contributed by atoms with Gasteiger partial charge >= 0.3 is 6.03 Å². The summed E-state index contributed by atoms with van der Waals surface area (Å²) in [5.41, 5.74) is 7.54. The molecule has 0 bridgehead atoms. The minimum absolute atomic E-state index is 0.365. The van der Waals surface area contributed by atoms with Crippen molar-refractivity contribution in [3.05, 3.63) is 69.7 Å². The van der Waals surface area contributed by atoms with Gasteiger partial charge in [-0.25, -0.2) is 4.79 Å². The van der Waals surface area contributed by atoms with Gasteiger partial charge in [-0.05, 0) is 54.4 Å². The van der Waals surface area contributed by atoms with E-state index in [1.807, 2.05) is 30.3 Å². The number of nitrogens with one attached hydrogen (secondary N) is 1. The molecule has 0 spiro atoms. The molecule has 0 unspecified atom stereocenters. The van der Waals surface area contributed by atoms with Gasteiger partial charge < -0.3 is 16.0 Å². The Balaban J connectivity index is 1.37. The van der Waals surface area contributed by atoms with E-state index in [9.17, 15) is 4.79 Å². The largest absolute Gasteiger partial charge is 0.352 e. The van der Waals surface area contributed by atoms with E-state index in [2.05, 4.69) is 28.4 Å². The van der Waals surface area contributed by atoms with Crippen molar-refractivity contribution in [1.29, 1.82) is 0 Å². The molecule has 2 amide bonds. The van der Waals surface area contributed by atoms with Crippen molar-refractivity contribution in [2.45, 2.75) is 30.7 Å². The first-order valence-electron chi connectivity index (χ1n) is 9.77. The van der Waals surface area contributed by atoms with Crippen LogP contribution in [0.3, 0.4) is 0 Å². The quantitative estimate of drug-likeness (QED) is 0.736. The van der Waals surface area contributed by atoms with Crippen molar-refractivity contribution < 1.29 is 4.79 Å². The molecule has 0 radical (unpaired) electrons. The highest BCUT2D eigenvalue weighted by Crippen LogP contribution is 2.49. The molecule has 148 valence electrons. The standard InChI is InChI=1S/C22H25Cl2N3O/c23-19-7-6-15(13-20(19)24)18-12-16(18)14-27-10-8-22(9-11-27,26-21(25)28)17-4-2-1-3-5-17/h1-7,13,16,18H,8-12,14H2,(H3,25,26,28)/t16-,18+/m0/s1. The number of benzene rings is 2. The van der Waals surface area contributed by atoms with Crippen LogP contribution in [0.5, 0.6) is 0 Å². The predicted molar refractivity (Wildman–Crippen MR) is 114 cm³/mol. The minimum atomic E-state index is -0.459. The van der Waals surface area contributed by atoms with Crippen molar-refractivity contribution >= 4 is 29.2 Å². The zero-order valence-electron chi connectivity index (χ0n) is 15.7. The van der Waals surface area contributed by atoms with Crippen molar-refractivity contribution in [3.63, 3.8) is 0 Å². The molecular weight excluding hydrogens is 393 g/mol. The maximum absolute atomic E-state index is 11.6. The smallest absolute Gasteiger partial charge is 0.312 e. The number of hydrogen-bond donors (Lipinski definition) is 2. The van der Waals surface area contributed by atoms with Crippen molar-refractivity contribution in [3.8, 4) is 0 Å². The highest BCUT2D eigenvalue weighted by molar-refractivity contribution is 6.42. The Morgan fingerprint density at radius 1 is 1.11 bits per heavy atom. The molecule has 2 fully saturated rings. The number of carbonyl (C=O) groups is 1. The Morgan fingerprint density at radius 3 is 2.46 bits per heavy atom. The number of rotatable bonds is 5. The van der Waals surface area contributed by atoms with Crippen molar-refractivity contribution in [2.24, 2.45) is 11.7 Å². The lowest BCUT2D eigenvalue weighted by molar-refractivity contribution is 0.134. The number of piperidine rings is 1. The summed E-state index contributed by atoms with van der Waals surface area (Å²) in [6, 6.07) is 15.7. The second-order valence-electron chi connectivity index (χ2n) is 8.01. The fourth-order valence-electron chi connectivity index (χ4n) is 4.53. The normalized spacial score (nSPS) is 23.9. The molecule has 1 saturated carbocycles. The van der Waals surface area contributed by atoms with Crippen LogP contribution >= 0.6 is 23.2 Å². The second kappa shape index (κ2) is 7.94. The van der Waals surface area contributed by atoms with Crippen LogP contribution in [0.15, 0.2) is 48.5 Å². The highest BCUT2D eigenvalue weighted by atomic mass is 35.5. The maximum atomic E-state index is 11.6. The third-order valence-corrected chi connectivity index (χ3v) is 6.92. The van der Waals surface area contributed by atoms with Gasteiger partial charge in [-0.2, -0.15) is 0 Å². The monoisotopic (exact) mass is 417 g/mol. The highest BCUT2D eigenvalue weighted by Gasteiger charge is 2.42. The van der Waals surface area contributed by atoms with Gasteiger partial charge in [0, 0.05) is 19.6 Å². The summed E-state index contributed by atoms with van der Waals surface area (Å²) in [5, 5.41) is 4.27. The molecule has 1 saturated heterocycles. The number of nitrogens with two attached hydrogens (primary N) is 1. The molecular formula is C22H25Cl2N3O. The van der Waals surface area contributed by atoms with E-state index in [-0.39, 0.29) is 5.54 Å². The number of carbonyl (C=O) groups excluding carboxylic acids is 1. The Hall–Kier alpha value is -1.75. The molecule has 6 heteroatoms. The van der Waals surface area contributed by atoms with E-state index >= 15 is 0 Å². The first-order valence-corrected chi connectivity index (χ1v) is 10.5. The summed E-state index contributed by atoms with van der Waals surface area (Å²) in [7, 11) is 0.